The number of hydrogen-bond acceptors (Lipinski definition) is 4. The molecule has 0 aliphatic heterocycles. The smallest absolute Gasteiger partial charge is 0.118 e. The van der Waals surface area contributed by atoms with Crippen LogP contribution in [0.15, 0.2) is 89.8 Å². The number of rotatable bonds is 9. The zero-order valence-corrected chi connectivity index (χ0v) is 32.2. The fourth-order valence-electron chi connectivity index (χ4n) is 4.63. The van der Waals surface area contributed by atoms with E-state index in [1.807, 2.05) is 47.8 Å². The molecule has 0 unspecified atom stereocenters. The van der Waals surface area contributed by atoms with Crippen molar-refractivity contribution >= 4 is 23.5 Å². The Balaban J connectivity index is 0.000000271. The molecular weight excluding hydrogens is 601 g/mol. The van der Waals surface area contributed by atoms with Crippen molar-refractivity contribution in [2.24, 2.45) is 10.8 Å². The number of ether oxygens (including phenoxy) is 2. The molecule has 0 bridgehead atoms. The fourth-order valence-corrected chi connectivity index (χ4v) is 6.57. The third-order valence-electron chi connectivity index (χ3n) is 7.07. The van der Waals surface area contributed by atoms with Crippen LogP contribution in [-0.2, 0) is 12.8 Å². The average Bonchev–Trinajstić information content (AvgIpc) is 2.99. The molecule has 0 aromatic heterocycles. The van der Waals surface area contributed by atoms with Gasteiger partial charge in [0, 0.05) is 10.6 Å². The molecular formula is C42H58O2S2. The summed E-state index contributed by atoms with van der Waals surface area (Å²) in [5.41, 5.74) is 10.3. The van der Waals surface area contributed by atoms with Gasteiger partial charge in [-0.15, -0.1) is 11.8 Å². The quantitative estimate of drug-likeness (QED) is 0.167. The van der Waals surface area contributed by atoms with E-state index in [-0.39, 0.29) is 0 Å². The molecule has 4 rings (SSSR count). The van der Waals surface area contributed by atoms with Crippen LogP contribution in [0.25, 0.3) is 0 Å². The Morgan fingerprint density at radius 1 is 0.543 bits per heavy atom. The summed E-state index contributed by atoms with van der Waals surface area (Å²) in [6.07, 6.45) is 4.10. The van der Waals surface area contributed by atoms with Gasteiger partial charge >= 0.3 is 0 Å². The maximum absolute atomic E-state index is 5.23. The summed E-state index contributed by atoms with van der Waals surface area (Å²) in [5.74, 6) is 4.21. The first kappa shape index (κ1) is 39.4. The number of methoxy groups -OCH3 is 2. The standard InChI is InChI=1S/C20H26OS.C16H18O.C6H14S/c1-15-6-11-19(22-14-20(2,3)4)17(12-15)13-16-7-9-18(21-5)10-8-16;1-12-4-5-13(2)15(10-12)11-14-6-8-16(17-3)9-7-14;1-6(2,3)5-7-4/h6-12H,13-14H2,1-5H3;4-10H,11H2,1-3H3;5H2,1-4H3. The summed E-state index contributed by atoms with van der Waals surface area (Å²) in [5, 5.41) is 0. The predicted octanol–water partition coefficient (Wildman–Crippen LogP) is 12.0. The van der Waals surface area contributed by atoms with Crippen LogP contribution in [0.4, 0.5) is 0 Å². The molecule has 4 aromatic rings. The van der Waals surface area contributed by atoms with Gasteiger partial charge in [-0.2, -0.15) is 11.8 Å². The lowest BCUT2D eigenvalue weighted by atomic mass is 9.99. The second-order valence-electron chi connectivity index (χ2n) is 14.4. The van der Waals surface area contributed by atoms with Gasteiger partial charge in [0.15, 0.2) is 0 Å². The Morgan fingerprint density at radius 2 is 0.978 bits per heavy atom. The van der Waals surface area contributed by atoms with Crippen molar-refractivity contribution in [1.29, 1.82) is 0 Å². The van der Waals surface area contributed by atoms with Gasteiger partial charge in [0.25, 0.3) is 0 Å². The molecule has 0 fully saturated rings. The van der Waals surface area contributed by atoms with Crippen LogP contribution >= 0.6 is 23.5 Å². The van der Waals surface area contributed by atoms with E-state index in [2.05, 4.69) is 129 Å². The van der Waals surface area contributed by atoms with E-state index in [1.165, 1.54) is 49.6 Å². The Labute approximate surface area is 290 Å². The summed E-state index contributed by atoms with van der Waals surface area (Å²) in [6, 6.07) is 30.1. The minimum absolute atomic E-state index is 0.340. The lowest BCUT2D eigenvalue weighted by Crippen LogP contribution is -2.08. The molecule has 0 aliphatic rings. The first-order valence-corrected chi connectivity index (χ1v) is 18.5. The minimum atomic E-state index is 0.340. The summed E-state index contributed by atoms with van der Waals surface area (Å²) in [7, 11) is 3.40. The van der Waals surface area contributed by atoms with Crippen molar-refractivity contribution in [3.8, 4) is 11.5 Å². The van der Waals surface area contributed by atoms with Crippen LogP contribution in [0.1, 0.15) is 80.5 Å². The fraction of sp³-hybridized carbons (Fsp3) is 0.429. The van der Waals surface area contributed by atoms with Crippen LogP contribution in [0.3, 0.4) is 0 Å². The van der Waals surface area contributed by atoms with Crippen LogP contribution in [0.2, 0.25) is 0 Å². The van der Waals surface area contributed by atoms with Gasteiger partial charge in [-0.3, -0.25) is 0 Å². The average molecular weight is 659 g/mol. The van der Waals surface area contributed by atoms with Crippen molar-refractivity contribution in [2.45, 2.75) is 80.1 Å². The largest absolute Gasteiger partial charge is 0.497 e. The normalized spacial score (nSPS) is 11.1. The number of benzene rings is 4. The predicted molar refractivity (Wildman–Crippen MR) is 207 cm³/mol. The molecule has 4 aromatic carbocycles. The van der Waals surface area contributed by atoms with Crippen LogP contribution in [-0.4, -0.2) is 32.0 Å². The maximum atomic E-state index is 5.23. The second-order valence-corrected chi connectivity index (χ2v) is 16.3. The van der Waals surface area contributed by atoms with Gasteiger partial charge in [0.2, 0.25) is 0 Å². The number of aryl methyl sites for hydroxylation is 3. The highest BCUT2D eigenvalue weighted by molar-refractivity contribution is 7.99. The van der Waals surface area contributed by atoms with E-state index >= 15 is 0 Å². The monoisotopic (exact) mass is 658 g/mol. The van der Waals surface area contributed by atoms with Crippen molar-refractivity contribution in [1.82, 2.24) is 0 Å². The lowest BCUT2D eigenvalue weighted by Gasteiger charge is -2.19. The van der Waals surface area contributed by atoms with Crippen molar-refractivity contribution in [2.75, 3.05) is 32.0 Å². The lowest BCUT2D eigenvalue weighted by molar-refractivity contribution is 0.414. The van der Waals surface area contributed by atoms with Gasteiger partial charge in [0.05, 0.1) is 14.2 Å². The molecule has 0 N–H and O–H groups in total. The molecule has 0 aliphatic carbocycles. The highest BCUT2D eigenvalue weighted by atomic mass is 32.2. The molecule has 250 valence electrons. The van der Waals surface area contributed by atoms with Crippen molar-refractivity contribution in [3.05, 3.63) is 124 Å². The Hall–Kier alpha value is -2.82. The van der Waals surface area contributed by atoms with E-state index in [0.29, 0.717) is 10.8 Å². The van der Waals surface area contributed by atoms with E-state index in [4.69, 9.17) is 9.47 Å². The molecule has 2 nitrogen and oxygen atoms in total. The second kappa shape index (κ2) is 19.1. The zero-order chi connectivity index (χ0) is 34.3. The van der Waals surface area contributed by atoms with Crippen LogP contribution in [0, 0.1) is 31.6 Å². The van der Waals surface area contributed by atoms with Crippen LogP contribution < -0.4 is 9.47 Å². The molecule has 0 amide bonds. The third-order valence-corrected chi connectivity index (χ3v) is 9.94. The highest BCUT2D eigenvalue weighted by Crippen LogP contribution is 2.31. The topological polar surface area (TPSA) is 18.5 Å². The SMILES string of the molecule is COc1ccc(Cc2cc(C)ccc2C)cc1.COc1ccc(Cc2cc(C)ccc2SCC(C)(C)C)cc1.CSCC(C)(C)C. The molecule has 0 heterocycles. The summed E-state index contributed by atoms with van der Waals surface area (Å²) >= 11 is 3.87. The Kier molecular flexibility index (Phi) is 16.4. The minimum Gasteiger partial charge on any atom is -0.497 e. The van der Waals surface area contributed by atoms with E-state index in [0.717, 1.165) is 30.1 Å². The van der Waals surface area contributed by atoms with Gasteiger partial charge < -0.3 is 9.47 Å². The Bertz CT molecular complexity index is 1440. The molecule has 0 radical (unpaired) electrons. The molecule has 0 saturated heterocycles. The molecule has 46 heavy (non-hydrogen) atoms. The van der Waals surface area contributed by atoms with Gasteiger partial charge in [-0.1, -0.05) is 107 Å². The zero-order valence-electron chi connectivity index (χ0n) is 30.5. The Morgan fingerprint density at radius 3 is 1.39 bits per heavy atom. The van der Waals surface area contributed by atoms with Gasteiger partial charge in [-0.05, 0) is 115 Å². The first-order chi connectivity index (χ1) is 21.6. The third kappa shape index (κ3) is 15.6. The van der Waals surface area contributed by atoms with Gasteiger partial charge in [-0.25, -0.2) is 0 Å². The van der Waals surface area contributed by atoms with Crippen LogP contribution in [0.5, 0.6) is 11.5 Å². The highest BCUT2D eigenvalue weighted by Gasteiger charge is 2.13. The summed E-state index contributed by atoms with van der Waals surface area (Å²) in [6.45, 7) is 20.1. The van der Waals surface area contributed by atoms with Crippen molar-refractivity contribution < 1.29 is 9.47 Å². The van der Waals surface area contributed by atoms with E-state index in [9.17, 15) is 0 Å². The number of hydrogen-bond donors (Lipinski definition) is 0. The summed E-state index contributed by atoms with van der Waals surface area (Å²) < 4.78 is 10.4. The van der Waals surface area contributed by atoms with Crippen molar-refractivity contribution in [3.63, 3.8) is 0 Å². The molecule has 0 saturated carbocycles. The molecule has 4 heteroatoms. The van der Waals surface area contributed by atoms with E-state index < -0.39 is 0 Å². The summed E-state index contributed by atoms with van der Waals surface area (Å²) in [4.78, 5) is 1.40. The molecule has 0 spiro atoms. The van der Waals surface area contributed by atoms with E-state index in [1.54, 1.807) is 14.2 Å². The number of thioether (sulfide) groups is 2. The maximum Gasteiger partial charge on any atom is 0.118 e. The van der Waals surface area contributed by atoms with Gasteiger partial charge in [0.1, 0.15) is 11.5 Å². The molecule has 0 atom stereocenters. The first-order valence-electron chi connectivity index (χ1n) is 16.2.